The zero-order chi connectivity index (χ0) is 25.9. The lowest BCUT2D eigenvalue weighted by Gasteiger charge is -2.12. The van der Waals surface area contributed by atoms with E-state index in [9.17, 15) is 9.59 Å². The number of hydrogen-bond donors (Lipinski definition) is 1. The lowest BCUT2D eigenvalue weighted by Crippen LogP contribution is -2.07. The minimum atomic E-state index is -0.319. The van der Waals surface area contributed by atoms with Gasteiger partial charge < -0.3 is 10.1 Å². The van der Waals surface area contributed by atoms with Crippen LogP contribution in [0.4, 0.5) is 5.69 Å². The molecule has 2 heterocycles. The molecule has 1 aliphatic carbocycles. The molecular formula is C30H27N3O3S. The smallest absolute Gasteiger partial charge is 0.334 e. The van der Waals surface area contributed by atoms with Gasteiger partial charge in [0.15, 0.2) is 5.78 Å². The summed E-state index contributed by atoms with van der Waals surface area (Å²) in [6.07, 6.45) is 4.45. The molecule has 2 aromatic carbocycles. The second-order valence-corrected chi connectivity index (χ2v) is 10.2. The molecule has 1 N–H and O–H groups in total. The van der Waals surface area contributed by atoms with Gasteiger partial charge >= 0.3 is 5.97 Å². The number of thiazole rings is 1. The Morgan fingerprint density at radius 3 is 2.62 bits per heavy atom. The summed E-state index contributed by atoms with van der Waals surface area (Å²) in [4.78, 5) is 33.8. The largest absolute Gasteiger partial charge is 0.466 e. The van der Waals surface area contributed by atoms with E-state index in [-0.39, 0.29) is 11.8 Å². The third-order valence-electron chi connectivity index (χ3n) is 6.52. The molecule has 1 aliphatic rings. The highest BCUT2D eigenvalue weighted by molar-refractivity contribution is 7.09. The van der Waals surface area contributed by atoms with E-state index in [1.165, 1.54) is 7.11 Å². The Kier molecular flexibility index (Phi) is 6.97. The predicted octanol–water partition coefficient (Wildman–Crippen LogP) is 5.97. The number of ether oxygens (including phenoxy) is 1. The topological polar surface area (TPSA) is 81.2 Å². The summed E-state index contributed by atoms with van der Waals surface area (Å²) in [5.74, 6) is -0.236. The molecule has 4 aromatic rings. The van der Waals surface area contributed by atoms with E-state index < -0.39 is 0 Å². The van der Waals surface area contributed by atoms with Crippen molar-refractivity contribution < 1.29 is 14.3 Å². The highest BCUT2D eigenvalue weighted by Crippen LogP contribution is 2.27. The van der Waals surface area contributed by atoms with Crippen LogP contribution in [0.2, 0.25) is 0 Å². The Labute approximate surface area is 220 Å². The molecule has 0 aliphatic heterocycles. The van der Waals surface area contributed by atoms with Gasteiger partial charge in [-0.25, -0.2) is 9.78 Å². The van der Waals surface area contributed by atoms with Crippen LogP contribution < -0.4 is 5.32 Å². The maximum absolute atomic E-state index is 13.0. The summed E-state index contributed by atoms with van der Waals surface area (Å²) in [7, 11) is 1.39. The lowest BCUT2D eigenvalue weighted by molar-refractivity contribution is -0.136. The number of aryl methyl sites for hydroxylation is 2. The number of methoxy groups -OCH3 is 1. The van der Waals surface area contributed by atoms with Crippen molar-refractivity contribution in [2.45, 2.75) is 33.2 Å². The number of benzene rings is 2. The molecule has 37 heavy (non-hydrogen) atoms. The number of aromatic nitrogens is 2. The Morgan fingerprint density at radius 2 is 1.89 bits per heavy atom. The molecule has 0 fully saturated rings. The highest BCUT2D eigenvalue weighted by Gasteiger charge is 2.20. The molecule has 0 bridgehead atoms. The number of fused-ring (bicyclic) bond motifs is 1. The summed E-state index contributed by atoms with van der Waals surface area (Å²) in [6.45, 7) is 4.65. The van der Waals surface area contributed by atoms with E-state index in [0.717, 1.165) is 49.9 Å². The van der Waals surface area contributed by atoms with Crippen LogP contribution >= 0.6 is 11.3 Å². The molecule has 0 spiro atoms. The first-order valence-electron chi connectivity index (χ1n) is 12.1. The van der Waals surface area contributed by atoms with Crippen LogP contribution in [-0.4, -0.2) is 28.8 Å². The number of Topliss-reactive ketones (excluding diaryl/α,β-unsaturated/α-hetero) is 1. The molecule has 0 saturated heterocycles. The van der Waals surface area contributed by atoms with Crippen molar-refractivity contribution >= 4 is 34.9 Å². The van der Waals surface area contributed by atoms with Crippen LogP contribution in [0, 0.1) is 13.8 Å². The number of hydrogen-bond acceptors (Lipinski definition) is 7. The average Bonchev–Trinajstić information content (AvgIpc) is 3.54. The predicted molar refractivity (Wildman–Crippen MR) is 147 cm³/mol. The fourth-order valence-corrected chi connectivity index (χ4v) is 5.02. The molecule has 0 atom stereocenters. The maximum atomic E-state index is 13.0. The summed E-state index contributed by atoms with van der Waals surface area (Å²) < 4.78 is 4.83. The normalized spacial score (nSPS) is 12.1. The minimum absolute atomic E-state index is 0.0831. The van der Waals surface area contributed by atoms with Crippen molar-refractivity contribution in [1.82, 2.24) is 9.97 Å². The van der Waals surface area contributed by atoms with Crippen LogP contribution in [0.5, 0.6) is 0 Å². The SMILES string of the molecule is COC(=O)C1=Cc2cc(NCc3cc(CC(=O)c4ccc(-c5csc(C)n5)cc4)ccc3C)cnc2C1. The van der Waals surface area contributed by atoms with Gasteiger partial charge in [0.05, 0.1) is 35.4 Å². The van der Waals surface area contributed by atoms with Gasteiger partial charge in [-0.1, -0.05) is 42.5 Å². The zero-order valence-electron chi connectivity index (χ0n) is 21.0. The number of nitrogens with one attached hydrogen (secondary N) is 1. The first-order valence-corrected chi connectivity index (χ1v) is 12.9. The van der Waals surface area contributed by atoms with Crippen molar-refractivity contribution in [3.05, 3.63) is 104 Å². The fraction of sp³-hybridized carbons (Fsp3) is 0.200. The number of ketones is 1. The molecule has 0 radical (unpaired) electrons. The maximum Gasteiger partial charge on any atom is 0.334 e. The van der Waals surface area contributed by atoms with E-state index >= 15 is 0 Å². The molecule has 7 heteroatoms. The van der Waals surface area contributed by atoms with Gasteiger partial charge in [0.1, 0.15) is 0 Å². The van der Waals surface area contributed by atoms with Gasteiger partial charge in [-0.2, -0.15) is 0 Å². The molecule has 5 rings (SSSR count). The summed E-state index contributed by atoms with van der Waals surface area (Å²) >= 11 is 1.62. The van der Waals surface area contributed by atoms with Crippen molar-refractivity contribution in [3.8, 4) is 11.3 Å². The minimum Gasteiger partial charge on any atom is -0.466 e. The average molecular weight is 510 g/mol. The number of carbonyl (C=O) groups excluding carboxylic acids is 2. The fourth-order valence-electron chi connectivity index (χ4n) is 4.39. The number of esters is 1. The number of anilines is 1. The van der Waals surface area contributed by atoms with Gasteiger partial charge in [0.25, 0.3) is 0 Å². The van der Waals surface area contributed by atoms with Crippen molar-refractivity contribution in [2.75, 3.05) is 12.4 Å². The summed E-state index contributed by atoms with van der Waals surface area (Å²) in [5, 5.41) is 6.48. The number of pyridine rings is 1. The molecule has 2 aromatic heterocycles. The van der Waals surface area contributed by atoms with Gasteiger partial charge in [0.2, 0.25) is 0 Å². The third-order valence-corrected chi connectivity index (χ3v) is 7.30. The number of carbonyl (C=O) groups is 2. The van der Waals surface area contributed by atoms with E-state index in [4.69, 9.17) is 4.74 Å². The van der Waals surface area contributed by atoms with Crippen LogP contribution in [-0.2, 0) is 28.9 Å². The first kappa shape index (κ1) is 24.6. The Balaban J connectivity index is 1.24. The van der Waals surface area contributed by atoms with Gasteiger partial charge in [-0.3, -0.25) is 9.78 Å². The van der Waals surface area contributed by atoms with Crippen molar-refractivity contribution in [3.63, 3.8) is 0 Å². The molecule has 0 saturated carbocycles. The van der Waals surface area contributed by atoms with Crippen molar-refractivity contribution in [2.24, 2.45) is 0 Å². The van der Waals surface area contributed by atoms with Gasteiger partial charge in [0, 0.05) is 41.5 Å². The van der Waals surface area contributed by atoms with E-state index in [1.54, 1.807) is 17.5 Å². The van der Waals surface area contributed by atoms with E-state index in [1.807, 2.05) is 54.8 Å². The van der Waals surface area contributed by atoms with E-state index in [2.05, 4.69) is 34.3 Å². The molecule has 0 unspecified atom stereocenters. The Morgan fingerprint density at radius 1 is 1.08 bits per heavy atom. The standard InChI is InChI=1S/C30H27N3O3S/c1-18-4-5-20(11-29(34)22-8-6-21(7-9-22)28-17-37-19(2)33-28)10-25(18)15-31-26-13-23-12-24(30(35)36-3)14-27(23)32-16-26/h4-10,12-13,16-17,31H,11,14-15H2,1-3H3. The number of rotatable bonds is 8. The second kappa shape index (κ2) is 10.5. The first-order chi connectivity index (χ1) is 17.9. The van der Waals surface area contributed by atoms with Gasteiger partial charge in [-0.15, -0.1) is 11.3 Å². The number of nitrogens with zero attached hydrogens (tertiary/aromatic N) is 2. The van der Waals surface area contributed by atoms with Crippen LogP contribution in [0.15, 0.2) is 65.7 Å². The van der Waals surface area contributed by atoms with Crippen LogP contribution in [0.25, 0.3) is 17.3 Å². The zero-order valence-corrected chi connectivity index (χ0v) is 21.8. The Bertz CT molecular complexity index is 1520. The van der Waals surface area contributed by atoms with E-state index in [0.29, 0.717) is 30.5 Å². The summed E-state index contributed by atoms with van der Waals surface area (Å²) in [6, 6.07) is 15.8. The third kappa shape index (κ3) is 5.52. The molecule has 186 valence electrons. The van der Waals surface area contributed by atoms with Crippen LogP contribution in [0.1, 0.15) is 43.3 Å². The van der Waals surface area contributed by atoms with Gasteiger partial charge in [-0.05, 0) is 48.2 Å². The Hall–Kier alpha value is -4.10. The van der Waals surface area contributed by atoms with Crippen LogP contribution in [0.3, 0.4) is 0 Å². The molecule has 6 nitrogen and oxygen atoms in total. The molecular weight excluding hydrogens is 482 g/mol. The molecule has 0 amide bonds. The van der Waals surface area contributed by atoms with Crippen molar-refractivity contribution in [1.29, 1.82) is 0 Å². The lowest BCUT2D eigenvalue weighted by atomic mass is 9.98. The summed E-state index contributed by atoms with van der Waals surface area (Å²) in [5.41, 5.74) is 9.18. The monoisotopic (exact) mass is 509 g/mol. The second-order valence-electron chi connectivity index (χ2n) is 9.14. The highest BCUT2D eigenvalue weighted by atomic mass is 32.1. The quantitative estimate of drug-likeness (QED) is 0.233.